The van der Waals surface area contributed by atoms with E-state index < -0.39 is 0 Å². The Morgan fingerprint density at radius 1 is 1.46 bits per heavy atom. The van der Waals surface area contributed by atoms with Gasteiger partial charge >= 0.3 is 0 Å². The molecule has 2 heterocycles. The Morgan fingerprint density at radius 2 is 2.23 bits per heavy atom. The minimum atomic E-state index is 1.07. The average molecular weight is 174 g/mol. The monoisotopic (exact) mass is 174 g/mol. The number of nitrogens with zero attached hydrogens (tertiary/aromatic N) is 2. The van der Waals surface area contributed by atoms with E-state index in [0.29, 0.717) is 0 Å². The molecule has 0 spiro atoms. The van der Waals surface area contributed by atoms with Gasteiger partial charge in [0, 0.05) is 24.3 Å². The summed E-state index contributed by atoms with van der Waals surface area (Å²) in [6.45, 7) is 4.23. The Kier molecular flexibility index (Phi) is 1.83. The van der Waals surface area contributed by atoms with Crippen LogP contribution in [0.5, 0.6) is 0 Å². The van der Waals surface area contributed by atoms with Gasteiger partial charge in [-0.2, -0.15) is 0 Å². The summed E-state index contributed by atoms with van der Waals surface area (Å²) in [6, 6.07) is 4.31. The SMILES string of the molecule is CCc1cc(C)nc2c1ccn2C. The molecule has 2 aromatic heterocycles. The molecule has 68 valence electrons. The van der Waals surface area contributed by atoms with E-state index in [1.807, 2.05) is 14.0 Å². The number of hydrogen-bond acceptors (Lipinski definition) is 1. The first kappa shape index (κ1) is 8.30. The largest absolute Gasteiger partial charge is 0.336 e. The molecule has 0 amide bonds. The van der Waals surface area contributed by atoms with E-state index >= 15 is 0 Å². The molecule has 0 aliphatic rings. The Morgan fingerprint density at radius 3 is 2.92 bits per heavy atom. The van der Waals surface area contributed by atoms with E-state index in [2.05, 4.69) is 34.8 Å². The van der Waals surface area contributed by atoms with Crippen molar-refractivity contribution in [1.29, 1.82) is 0 Å². The molecule has 2 nitrogen and oxygen atoms in total. The summed E-state index contributed by atoms with van der Waals surface area (Å²) in [5.74, 6) is 0. The van der Waals surface area contributed by atoms with Crippen molar-refractivity contribution in [3.63, 3.8) is 0 Å². The lowest BCUT2D eigenvalue weighted by atomic mass is 10.1. The predicted molar refractivity (Wildman–Crippen MR) is 54.8 cm³/mol. The van der Waals surface area contributed by atoms with Crippen molar-refractivity contribution in [3.8, 4) is 0 Å². The van der Waals surface area contributed by atoms with Crippen LogP contribution in [0.3, 0.4) is 0 Å². The second-order valence-electron chi connectivity index (χ2n) is 3.44. The van der Waals surface area contributed by atoms with Gasteiger partial charge < -0.3 is 4.57 Å². The zero-order chi connectivity index (χ0) is 9.42. The highest BCUT2D eigenvalue weighted by Gasteiger charge is 2.04. The third kappa shape index (κ3) is 1.22. The van der Waals surface area contributed by atoms with Crippen LogP contribution in [0, 0.1) is 6.92 Å². The number of hydrogen-bond donors (Lipinski definition) is 0. The van der Waals surface area contributed by atoms with Gasteiger partial charge in [0.15, 0.2) is 0 Å². The molecular weight excluding hydrogens is 160 g/mol. The van der Waals surface area contributed by atoms with E-state index in [-0.39, 0.29) is 0 Å². The lowest BCUT2D eigenvalue weighted by Crippen LogP contribution is -1.93. The highest BCUT2D eigenvalue weighted by atomic mass is 15.0. The summed E-state index contributed by atoms with van der Waals surface area (Å²) < 4.78 is 2.07. The van der Waals surface area contributed by atoms with Crippen molar-refractivity contribution >= 4 is 11.0 Å². The van der Waals surface area contributed by atoms with Gasteiger partial charge in [0.05, 0.1) is 0 Å². The second kappa shape index (κ2) is 2.87. The van der Waals surface area contributed by atoms with E-state index in [1.54, 1.807) is 0 Å². The van der Waals surface area contributed by atoms with Crippen LogP contribution >= 0.6 is 0 Å². The quantitative estimate of drug-likeness (QED) is 0.649. The van der Waals surface area contributed by atoms with Crippen LogP contribution in [-0.4, -0.2) is 9.55 Å². The van der Waals surface area contributed by atoms with Crippen molar-refractivity contribution in [3.05, 3.63) is 29.6 Å². The third-order valence-electron chi connectivity index (χ3n) is 2.43. The fourth-order valence-corrected chi connectivity index (χ4v) is 1.73. The van der Waals surface area contributed by atoms with Gasteiger partial charge in [-0.15, -0.1) is 0 Å². The average Bonchev–Trinajstić information content (AvgIpc) is 2.47. The standard InChI is InChI=1S/C11H14N2/c1-4-9-7-8(2)12-11-10(9)5-6-13(11)3/h5-7H,4H2,1-3H3. The molecule has 2 aromatic rings. The Hall–Kier alpha value is -1.31. The summed E-state index contributed by atoms with van der Waals surface area (Å²) in [4.78, 5) is 4.51. The van der Waals surface area contributed by atoms with Gasteiger partial charge in [-0.3, -0.25) is 0 Å². The molecule has 13 heavy (non-hydrogen) atoms. The van der Waals surface area contributed by atoms with Gasteiger partial charge in [-0.05, 0) is 31.0 Å². The fourth-order valence-electron chi connectivity index (χ4n) is 1.73. The number of aryl methyl sites for hydroxylation is 3. The summed E-state index contributed by atoms with van der Waals surface area (Å²) in [5.41, 5.74) is 3.59. The molecule has 0 fully saturated rings. The summed E-state index contributed by atoms with van der Waals surface area (Å²) in [7, 11) is 2.04. The van der Waals surface area contributed by atoms with E-state index in [0.717, 1.165) is 17.8 Å². The molecule has 2 heteroatoms. The maximum atomic E-state index is 4.51. The van der Waals surface area contributed by atoms with Crippen molar-refractivity contribution in [2.24, 2.45) is 7.05 Å². The minimum absolute atomic E-state index is 1.07. The van der Waals surface area contributed by atoms with Crippen LogP contribution in [0.15, 0.2) is 18.3 Å². The van der Waals surface area contributed by atoms with Crippen molar-refractivity contribution < 1.29 is 0 Å². The van der Waals surface area contributed by atoms with Crippen LogP contribution in [-0.2, 0) is 13.5 Å². The van der Waals surface area contributed by atoms with Crippen LogP contribution < -0.4 is 0 Å². The third-order valence-corrected chi connectivity index (χ3v) is 2.43. The molecule has 0 atom stereocenters. The maximum Gasteiger partial charge on any atom is 0.140 e. The van der Waals surface area contributed by atoms with Crippen LogP contribution in [0.2, 0.25) is 0 Å². The lowest BCUT2D eigenvalue weighted by Gasteiger charge is -2.02. The minimum Gasteiger partial charge on any atom is -0.336 e. The normalized spacial score (nSPS) is 11.0. The van der Waals surface area contributed by atoms with E-state index in [1.165, 1.54) is 10.9 Å². The zero-order valence-electron chi connectivity index (χ0n) is 8.33. The topological polar surface area (TPSA) is 17.8 Å². The molecule has 2 rings (SSSR count). The molecule has 0 aliphatic heterocycles. The number of rotatable bonds is 1. The second-order valence-corrected chi connectivity index (χ2v) is 3.44. The first-order valence-corrected chi connectivity index (χ1v) is 4.64. The zero-order valence-corrected chi connectivity index (χ0v) is 8.33. The predicted octanol–water partition coefficient (Wildman–Crippen LogP) is 2.44. The molecular formula is C11H14N2. The van der Waals surface area contributed by atoms with Gasteiger partial charge in [0.25, 0.3) is 0 Å². The number of aromatic nitrogens is 2. The van der Waals surface area contributed by atoms with E-state index in [9.17, 15) is 0 Å². The van der Waals surface area contributed by atoms with Gasteiger partial charge in [-0.1, -0.05) is 6.92 Å². The lowest BCUT2D eigenvalue weighted by molar-refractivity contribution is 0.941. The Bertz CT molecular complexity index is 441. The molecule has 0 N–H and O–H groups in total. The molecule has 0 bridgehead atoms. The molecule has 0 aliphatic carbocycles. The number of fused-ring (bicyclic) bond motifs is 1. The van der Waals surface area contributed by atoms with Crippen LogP contribution in [0.1, 0.15) is 18.2 Å². The molecule has 0 unspecified atom stereocenters. The molecule has 0 saturated heterocycles. The first-order chi connectivity index (χ1) is 6.22. The maximum absolute atomic E-state index is 4.51. The highest BCUT2D eigenvalue weighted by molar-refractivity contribution is 5.80. The highest BCUT2D eigenvalue weighted by Crippen LogP contribution is 2.19. The van der Waals surface area contributed by atoms with Crippen LogP contribution in [0.4, 0.5) is 0 Å². The smallest absolute Gasteiger partial charge is 0.140 e. The fraction of sp³-hybridized carbons (Fsp3) is 0.364. The van der Waals surface area contributed by atoms with E-state index in [4.69, 9.17) is 0 Å². The summed E-state index contributed by atoms with van der Waals surface area (Å²) in [6.07, 6.45) is 3.14. The molecule has 0 saturated carbocycles. The van der Waals surface area contributed by atoms with Gasteiger partial charge in [-0.25, -0.2) is 4.98 Å². The Labute approximate surface area is 78.2 Å². The van der Waals surface area contributed by atoms with Crippen molar-refractivity contribution in [2.45, 2.75) is 20.3 Å². The molecule has 0 aromatic carbocycles. The van der Waals surface area contributed by atoms with Crippen molar-refractivity contribution in [1.82, 2.24) is 9.55 Å². The van der Waals surface area contributed by atoms with Gasteiger partial charge in [0.2, 0.25) is 0 Å². The molecule has 0 radical (unpaired) electrons. The van der Waals surface area contributed by atoms with Crippen LogP contribution in [0.25, 0.3) is 11.0 Å². The summed E-state index contributed by atoms with van der Waals surface area (Å²) >= 11 is 0. The van der Waals surface area contributed by atoms with Crippen molar-refractivity contribution in [2.75, 3.05) is 0 Å². The Balaban J connectivity index is 2.84. The van der Waals surface area contributed by atoms with Gasteiger partial charge in [0.1, 0.15) is 5.65 Å². The summed E-state index contributed by atoms with van der Waals surface area (Å²) in [5, 5.41) is 1.29. The first-order valence-electron chi connectivity index (χ1n) is 4.64. The number of pyridine rings is 1.